The van der Waals surface area contributed by atoms with E-state index in [1.807, 2.05) is 11.8 Å². The summed E-state index contributed by atoms with van der Waals surface area (Å²) in [4.78, 5) is 42.8. The minimum atomic E-state index is -0.0915. The molecule has 0 bridgehead atoms. The average molecular weight is 407 g/mol. The molecule has 1 aromatic rings. The summed E-state index contributed by atoms with van der Waals surface area (Å²) in [6, 6.07) is 5.11. The fourth-order valence-corrected chi connectivity index (χ4v) is 3.94. The lowest BCUT2D eigenvalue weighted by molar-refractivity contribution is -0.122. The molecule has 2 aliphatic rings. The summed E-state index contributed by atoms with van der Waals surface area (Å²) in [5, 5.41) is 3.32. The van der Waals surface area contributed by atoms with Crippen LogP contribution < -0.4 is 10.2 Å². The summed E-state index contributed by atoms with van der Waals surface area (Å²) in [5.74, 6) is -0.0543. The molecule has 152 valence electrons. The highest BCUT2D eigenvalue weighted by Crippen LogP contribution is 2.29. The molecule has 2 saturated heterocycles. The van der Waals surface area contributed by atoms with Crippen molar-refractivity contribution < 1.29 is 14.4 Å². The highest BCUT2D eigenvalue weighted by Gasteiger charge is 2.29. The van der Waals surface area contributed by atoms with E-state index < -0.39 is 0 Å². The van der Waals surface area contributed by atoms with E-state index >= 15 is 0 Å². The van der Waals surface area contributed by atoms with Crippen molar-refractivity contribution in [2.45, 2.75) is 26.2 Å². The van der Waals surface area contributed by atoms with Crippen LogP contribution in [-0.4, -0.2) is 73.3 Å². The van der Waals surface area contributed by atoms with Crippen LogP contribution in [-0.2, 0) is 9.59 Å². The number of benzene rings is 1. The average Bonchev–Trinajstić information content (AvgIpc) is 2.95. The molecule has 1 N–H and O–H groups in total. The number of amides is 3. The SMILES string of the molecule is CCNC(=O)CN1CCCN(C(=O)c2ccc(Cl)cc2N2CCCC2=O)CC1. The maximum absolute atomic E-state index is 13.2. The predicted octanol–water partition coefficient (Wildman–Crippen LogP) is 1.75. The first-order valence-electron chi connectivity index (χ1n) is 9.88. The Labute approximate surface area is 170 Å². The molecule has 8 heteroatoms. The highest BCUT2D eigenvalue weighted by atomic mass is 35.5. The Bertz CT molecular complexity index is 755. The van der Waals surface area contributed by atoms with Gasteiger partial charge in [-0.05, 0) is 38.0 Å². The Morgan fingerprint density at radius 2 is 1.93 bits per heavy atom. The molecule has 0 spiro atoms. The van der Waals surface area contributed by atoms with Gasteiger partial charge in [-0.15, -0.1) is 0 Å². The van der Waals surface area contributed by atoms with Crippen LogP contribution in [0.2, 0.25) is 5.02 Å². The maximum atomic E-state index is 13.2. The first kappa shape index (κ1) is 20.6. The fraction of sp³-hybridized carbons (Fsp3) is 0.550. The Morgan fingerprint density at radius 3 is 2.64 bits per heavy atom. The number of anilines is 1. The summed E-state index contributed by atoms with van der Waals surface area (Å²) >= 11 is 6.15. The van der Waals surface area contributed by atoms with E-state index in [0.29, 0.717) is 62.0 Å². The largest absolute Gasteiger partial charge is 0.355 e. The molecule has 0 radical (unpaired) electrons. The number of likely N-dealkylation sites (N-methyl/N-ethyl adjacent to an activating group) is 1. The number of rotatable bonds is 5. The van der Waals surface area contributed by atoms with Crippen LogP contribution in [0.5, 0.6) is 0 Å². The molecule has 0 atom stereocenters. The Kier molecular flexibility index (Phi) is 6.91. The van der Waals surface area contributed by atoms with E-state index in [0.717, 1.165) is 19.4 Å². The molecule has 0 unspecified atom stereocenters. The van der Waals surface area contributed by atoms with Crippen molar-refractivity contribution in [1.82, 2.24) is 15.1 Å². The van der Waals surface area contributed by atoms with E-state index in [2.05, 4.69) is 10.2 Å². The monoisotopic (exact) mass is 406 g/mol. The molecule has 28 heavy (non-hydrogen) atoms. The van der Waals surface area contributed by atoms with Gasteiger partial charge in [-0.3, -0.25) is 19.3 Å². The van der Waals surface area contributed by atoms with Crippen molar-refractivity contribution in [3.63, 3.8) is 0 Å². The van der Waals surface area contributed by atoms with Gasteiger partial charge in [0.05, 0.1) is 17.8 Å². The fourth-order valence-electron chi connectivity index (χ4n) is 3.77. The van der Waals surface area contributed by atoms with Crippen molar-refractivity contribution in [1.29, 1.82) is 0 Å². The molecule has 2 fully saturated rings. The van der Waals surface area contributed by atoms with Crippen LogP contribution >= 0.6 is 11.6 Å². The van der Waals surface area contributed by atoms with Crippen LogP contribution in [0.4, 0.5) is 5.69 Å². The van der Waals surface area contributed by atoms with E-state index in [9.17, 15) is 14.4 Å². The zero-order valence-electron chi connectivity index (χ0n) is 16.2. The second kappa shape index (κ2) is 9.39. The van der Waals surface area contributed by atoms with Crippen LogP contribution in [0, 0.1) is 0 Å². The smallest absolute Gasteiger partial charge is 0.256 e. The number of halogens is 1. The first-order chi connectivity index (χ1) is 13.5. The van der Waals surface area contributed by atoms with Crippen LogP contribution in [0.1, 0.15) is 36.5 Å². The third-order valence-electron chi connectivity index (χ3n) is 5.17. The topological polar surface area (TPSA) is 73.0 Å². The van der Waals surface area contributed by atoms with Crippen molar-refractivity contribution in [3.05, 3.63) is 28.8 Å². The molecule has 2 heterocycles. The molecule has 0 aromatic heterocycles. The van der Waals surface area contributed by atoms with E-state index in [1.165, 1.54) is 0 Å². The minimum Gasteiger partial charge on any atom is -0.355 e. The van der Waals surface area contributed by atoms with Gasteiger partial charge in [-0.25, -0.2) is 0 Å². The van der Waals surface area contributed by atoms with Gasteiger partial charge in [-0.1, -0.05) is 11.6 Å². The second-order valence-corrected chi connectivity index (χ2v) is 7.62. The number of hydrogen-bond donors (Lipinski definition) is 1. The lowest BCUT2D eigenvalue weighted by Crippen LogP contribution is -2.40. The quantitative estimate of drug-likeness (QED) is 0.808. The Balaban J connectivity index is 1.72. The van der Waals surface area contributed by atoms with E-state index in [-0.39, 0.29) is 17.7 Å². The zero-order valence-corrected chi connectivity index (χ0v) is 17.0. The van der Waals surface area contributed by atoms with E-state index in [1.54, 1.807) is 23.1 Å². The molecule has 0 aliphatic carbocycles. The summed E-state index contributed by atoms with van der Waals surface area (Å²) in [5.41, 5.74) is 1.11. The van der Waals surface area contributed by atoms with Gasteiger partial charge in [0.2, 0.25) is 11.8 Å². The molecule has 2 aliphatic heterocycles. The van der Waals surface area contributed by atoms with Gasteiger partial charge in [0.15, 0.2) is 0 Å². The van der Waals surface area contributed by atoms with Gasteiger partial charge < -0.3 is 15.1 Å². The van der Waals surface area contributed by atoms with Crippen molar-refractivity contribution in [2.75, 3.05) is 50.7 Å². The lowest BCUT2D eigenvalue weighted by atomic mass is 10.1. The second-order valence-electron chi connectivity index (χ2n) is 7.19. The molecule has 7 nitrogen and oxygen atoms in total. The van der Waals surface area contributed by atoms with Crippen molar-refractivity contribution in [3.8, 4) is 0 Å². The molecule has 3 amide bonds. The summed E-state index contributed by atoms with van der Waals surface area (Å²) in [6.07, 6.45) is 2.09. The molecule has 0 saturated carbocycles. The lowest BCUT2D eigenvalue weighted by Gasteiger charge is -2.25. The summed E-state index contributed by atoms with van der Waals surface area (Å²) in [6.45, 7) is 6.08. The number of nitrogens with one attached hydrogen (secondary N) is 1. The highest BCUT2D eigenvalue weighted by molar-refractivity contribution is 6.31. The van der Waals surface area contributed by atoms with Crippen LogP contribution in [0.25, 0.3) is 0 Å². The number of carbonyl (C=O) groups excluding carboxylic acids is 3. The van der Waals surface area contributed by atoms with Gasteiger partial charge >= 0.3 is 0 Å². The van der Waals surface area contributed by atoms with Gasteiger partial charge in [0.1, 0.15) is 0 Å². The molecule has 3 rings (SSSR count). The van der Waals surface area contributed by atoms with Gasteiger partial charge in [0.25, 0.3) is 5.91 Å². The summed E-state index contributed by atoms with van der Waals surface area (Å²) < 4.78 is 0. The third kappa shape index (κ3) is 4.83. The number of carbonyl (C=O) groups is 3. The Hall–Kier alpha value is -2.12. The zero-order chi connectivity index (χ0) is 20.1. The normalized spacial score (nSPS) is 18.3. The standard InChI is InChI=1S/C20H27ClN4O3/c1-2-22-18(26)14-23-8-4-9-24(12-11-23)20(28)16-7-6-15(21)13-17(16)25-10-3-5-19(25)27/h6-7,13H,2-5,8-12,14H2,1H3,(H,22,26). The first-order valence-corrected chi connectivity index (χ1v) is 10.3. The van der Waals surface area contributed by atoms with Gasteiger partial charge in [0, 0.05) is 50.7 Å². The van der Waals surface area contributed by atoms with Crippen molar-refractivity contribution >= 4 is 35.0 Å². The maximum Gasteiger partial charge on any atom is 0.256 e. The third-order valence-corrected chi connectivity index (χ3v) is 5.41. The van der Waals surface area contributed by atoms with Crippen LogP contribution in [0.15, 0.2) is 18.2 Å². The van der Waals surface area contributed by atoms with Crippen LogP contribution in [0.3, 0.4) is 0 Å². The molecule has 1 aromatic carbocycles. The molecular weight excluding hydrogens is 380 g/mol. The van der Waals surface area contributed by atoms with E-state index in [4.69, 9.17) is 11.6 Å². The van der Waals surface area contributed by atoms with Crippen molar-refractivity contribution in [2.24, 2.45) is 0 Å². The number of nitrogens with zero attached hydrogens (tertiary/aromatic N) is 3. The minimum absolute atomic E-state index is 0.00908. The molecular formula is C20H27ClN4O3. The predicted molar refractivity (Wildman–Crippen MR) is 109 cm³/mol. The summed E-state index contributed by atoms with van der Waals surface area (Å²) in [7, 11) is 0. The number of hydrogen-bond acceptors (Lipinski definition) is 4. The van der Waals surface area contributed by atoms with Gasteiger partial charge in [-0.2, -0.15) is 0 Å². The Morgan fingerprint density at radius 1 is 1.11 bits per heavy atom.